The van der Waals surface area contributed by atoms with E-state index >= 15 is 0 Å². The lowest BCUT2D eigenvalue weighted by atomic mass is 9.98. The van der Waals surface area contributed by atoms with E-state index in [1.807, 2.05) is 12.1 Å². The second-order valence-electron chi connectivity index (χ2n) is 11.1. The number of nitrogens with two attached hydrogens (primary N) is 1. The fourth-order valence-corrected chi connectivity index (χ4v) is 4.89. The first-order valence-electron chi connectivity index (χ1n) is 13.1. The van der Waals surface area contributed by atoms with Crippen molar-refractivity contribution in [3.8, 4) is 0 Å². The van der Waals surface area contributed by atoms with Gasteiger partial charge in [-0.3, -0.25) is 19.3 Å². The molecule has 0 aromatic heterocycles. The average molecular weight is 516 g/mol. The van der Waals surface area contributed by atoms with Crippen molar-refractivity contribution >= 4 is 29.5 Å². The lowest BCUT2D eigenvalue weighted by Crippen LogP contribution is -2.58. The van der Waals surface area contributed by atoms with Crippen molar-refractivity contribution in [1.29, 1.82) is 0 Å². The summed E-state index contributed by atoms with van der Waals surface area (Å²) in [5.74, 6) is -0.889. The van der Waals surface area contributed by atoms with Gasteiger partial charge in [0, 0.05) is 25.3 Å². The zero-order chi connectivity index (χ0) is 27.3. The van der Waals surface area contributed by atoms with Crippen molar-refractivity contribution in [2.24, 2.45) is 0 Å². The summed E-state index contributed by atoms with van der Waals surface area (Å²) in [5.41, 5.74) is 6.65. The van der Waals surface area contributed by atoms with Gasteiger partial charge >= 0.3 is 6.09 Å². The Labute approximate surface area is 219 Å². The molecule has 0 saturated carbocycles. The molecule has 2 fully saturated rings. The van der Waals surface area contributed by atoms with Gasteiger partial charge in [0.25, 0.3) is 0 Å². The van der Waals surface area contributed by atoms with Gasteiger partial charge in [-0.05, 0) is 71.1 Å². The summed E-state index contributed by atoms with van der Waals surface area (Å²) >= 11 is 0. The number of nitrogens with zero attached hydrogens (tertiary/aromatic N) is 2. The summed E-state index contributed by atoms with van der Waals surface area (Å²) < 4.78 is 5.36. The van der Waals surface area contributed by atoms with Gasteiger partial charge in [-0.1, -0.05) is 25.0 Å². The Hall–Kier alpha value is -3.30. The van der Waals surface area contributed by atoms with Crippen LogP contribution in [0, 0.1) is 0 Å². The highest BCUT2D eigenvalue weighted by molar-refractivity contribution is 5.94. The van der Waals surface area contributed by atoms with Gasteiger partial charge < -0.3 is 26.0 Å². The number of rotatable bonds is 6. The van der Waals surface area contributed by atoms with Crippen molar-refractivity contribution < 1.29 is 23.9 Å². The molecule has 4 atom stereocenters. The SMILES string of the molecule is C[C@@H](C(=O)N[C@H]1CCCC[C@H]2CC[C@@H](C(=O)NCc3cccc(N)c3)N2C1=O)N(C)C(=O)OC(C)(C)C. The van der Waals surface area contributed by atoms with E-state index in [9.17, 15) is 19.2 Å². The zero-order valence-corrected chi connectivity index (χ0v) is 22.6. The van der Waals surface area contributed by atoms with E-state index < -0.39 is 35.7 Å². The molecule has 3 rings (SSSR count). The Morgan fingerprint density at radius 2 is 1.86 bits per heavy atom. The molecule has 2 heterocycles. The Bertz CT molecular complexity index is 1010. The standard InChI is InChI=1S/C27H41N5O5/c1-17(31(5)26(36)37-27(2,3)4)23(33)30-21-12-7-6-11-20-13-14-22(32(20)25(21)35)24(34)29-16-18-9-8-10-19(28)15-18/h8-10,15,17,20-22H,6-7,11-14,16,28H2,1-5H3,(H,29,34)(H,30,33)/t17-,20-,21-,22-/m0/s1. The highest BCUT2D eigenvalue weighted by Gasteiger charge is 2.44. The van der Waals surface area contributed by atoms with Gasteiger partial charge in [-0.25, -0.2) is 4.79 Å². The lowest BCUT2D eigenvalue weighted by Gasteiger charge is -2.36. The van der Waals surface area contributed by atoms with Crippen molar-refractivity contribution in [3.05, 3.63) is 29.8 Å². The van der Waals surface area contributed by atoms with E-state index in [1.165, 1.54) is 11.9 Å². The molecule has 2 aliphatic rings. The summed E-state index contributed by atoms with van der Waals surface area (Å²) in [5, 5.41) is 5.79. The molecule has 0 unspecified atom stereocenters. The van der Waals surface area contributed by atoms with Crippen molar-refractivity contribution in [1.82, 2.24) is 20.4 Å². The number of hydrogen-bond acceptors (Lipinski definition) is 6. The molecule has 0 bridgehead atoms. The minimum atomic E-state index is -0.833. The minimum absolute atomic E-state index is 0.0304. The van der Waals surface area contributed by atoms with E-state index in [0.717, 1.165) is 31.2 Å². The Morgan fingerprint density at radius 3 is 2.54 bits per heavy atom. The lowest BCUT2D eigenvalue weighted by molar-refractivity contribution is -0.144. The maximum Gasteiger partial charge on any atom is 0.410 e. The molecule has 4 N–H and O–H groups in total. The Morgan fingerprint density at radius 1 is 1.16 bits per heavy atom. The number of anilines is 1. The molecule has 2 aliphatic heterocycles. The third kappa shape index (κ3) is 7.36. The Balaban J connectivity index is 1.67. The summed E-state index contributed by atoms with van der Waals surface area (Å²) in [4.78, 5) is 55.2. The molecule has 37 heavy (non-hydrogen) atoms. The Kier molecular flexibility index (Phi) is 9.04. The summed E-state index contributed by atoms with van der Waals surface area (Å²) in [6.07, 6.45) is 3.74. The largest absolute Gasteiger partial charge is 0.444 e. The number of nitrogens with one attached hydrogen (secondary N) is 2. The molecular weight excluding hydrogens is 474 g/mol. The number of ether oxygens (including phenoxy) is 1. The van der Waals surface area contributed by atoms with Crippen LogP contribution < -0.4 is 16.4 Å². The third-order valence-corrected chi connectivity index (χ3v) is 7.01. The molecule has 4 amide bonds. The van der Waals surface area contributed by atoms with Crippen LogP contribution in [-0.2, 0) is 25.7 Å². The number of fused-ring (bicyclic) bond motifs is 1. The van der Waals surface area contributed by atoms with Crippen molar-refractivity contribution in [3.63, 3.8) is 0 Å². The molecule has 0 spiro atoms. The first-order chi connectivity index (χ1) is 17.4. The molecule has 1 aromatic carbocycles. The number of benzene rings is 1. The number of nitrogen functional groups attached to an aromatic ring is 1. The van der Waals surface area contributed by atoms with Crippen molar-refractivity contribution in [2.75, 3.05) is 12.8 Å². The molecule has 0 radical (unpaired) electrons. The van der Waals surface area contributed by atoms with Crippen LogP contribution in [0.2, 0.25) is 0 Å². The van der Waals surface area contributed by atoms with E-state index in [-0.39, 0.29) is 17.9 Å². The third-order valence-electron chi connectivity index (χ3n) is 7.01. The van der Waals surface area contributed by atoms with Crippen LogP contribution in [0.1, 0.15) is 71.8 Å². The van der Waals surface area contributed by atoms with Crippen LogP contribution in [0.4, 0.5) is 10.5 Å². The first-order valence-corrected chi connectivity index (χ1v) is 13.1. The number of carbonyl (C=O) groups excluding carboxylic acids is 4. The van der Waals surface area contributed by atoms with Gasteiger partial charge in [0.05, 0.1) is 0 Å². The van der Waals surface area contributed by atoms with Gasteiger partial charge in [0.2, 0.25) is 17.7 Å². The molecule has 10 heteroatoms. The van der Waals surface area contributed by atoms with Crippen LogP contribution in [0.3, 0.4) is 0 Å². The fraction of sp³-hybridized carbons (Fsp3) is 0.630. The number of likely N-dealkylation sites (N-methyl/N-ethyl adjacent to an activating group) is 1. The number of hydrogen-bond donors (Lipinski definition) is 3. The molecule has 2 saturated heterocycles. The second kappa shape index (κ2) is 11.8. The van der Waals surface area contributed by atoms with Gasteiger partial charge in [-0.15, -0.1) is 0 Å². The number of amides is 4. The predicted octanol–water partition coefficient (Wildman–Crippen LogP) is 2.56. The first kappa shape index (κ1) is 28.3. The van der Waals surface area contributed by atoms with E-state index in [1.54, 1.807) is 44.7 Å². The monoisotopic (exact) mass is 515 g/mol. The van der Waals surface area contributed by atoms with Crippen LogP contribution >= 0.6 is 0 Å². The molecule has 204 valence electrons. The minimum Gasteiger partial charge on any atom is -0.444 e. The van der Waals surface area contributed by atoms with Crippen LogP contribution in [0.15, 0.2) is 24.3 Å². The summed E-state index contributed by atoms with van der Waals surface area (Å²) in [7, 11) is 1.50. The fourth-order valence-electron chi connectivity index (χ4n) is 4.89. The normalized spacial score (nSPS) is 22.8. The smallest absolute Gasteiger partial charge is 0.410 e. The van der Waals surface area contributed by atoms with E-state index in [0.29, 0.717) is 25.1 Å². The predicted molar refractivity (Wildman–Crippen MR) is 140 cm³/mol. The summed E-state index contributed by atoms with van der Waals surface area (Å²) in [6, 6.07) is 5.10. The van der Waals surface area contributed by atoms with E-state index in [4.69, 9.17) is 10.5 Å². The van der Waals surface area contributed by atoms with Crippen LogP contribution in [0.5, 0.6) is 0 Å². The molecule has 10 nitrogen and oxygen atoms in total. The van der Waals surface area contributed by atoms with Gasteiger partial charge in [0.1, 0.15) is 23.7 Å². The second-order valence-corrected chi connectivity index (χ2v) is 11.1. The molecule has 0 aliphatic carbocycles. The summed E-state index contributed by atoms with van der Waals surface area (Å²) in [6.45, 7) is 7.18. The zero-order valence-electron chi connectivity index (χ0n) is 22.6. The maximum absolute atomic E-state index is 13.7. The quantitative estimate of drug-likeness (QED) is 0.499. The van der Waals surface area contributed by atoms with Gasteiger partial charge in [-0.2, -0.15) is 0 Å². The topological polar surface area (TPSA) is 134 Å². The van der Waals surface area contributed by atoms with Crippen LogP contribution in [-0.4, -0.2) is 70.4 Å². The highest BCUT2D eigenvalue weighted by atomic mass is 16.6. The highest BCUT2D eigenvalue weighted by Crippen LogP contribution is 2.31. The average Bonchev–Trinajstić information content (AvgIpc) is 3.24. The van der Waals surface area contributed by atoms with Crippen molar-refractivity contribution in [2.45, 2.75) is 103 Å². The van der Waals surface area contributed by atoms with E-state index in [2.05, 4.69) is 10.6 Å². The maximum atomic E-state index is 13.7. The molecular formula is C27H41N5O5. The van der Waals surface area contributed by atoms with Gasteiger partial charge in [0.15, 0.2) is 0 Å². The molecule has 1 aromatic rings. The van der Waals surface area contributed by atoms with Crippen LogP contribution in [0.25, 0.3) is 0 Å². The number of carbonyl (C=O) groups is 4.